The third-order valence-electron chi connectivity index (χ3n) is 4.10. The number of carboxylic acid groups (broad SMARTS) is 1. The van der Waals surface area contributed by atoms with E-state index in [1.165, 1.54) is 29.3 Å². The number of thioether (sulfide) groups is 1. The van der Waals surface area contributed by atoms with Crippen molar-refractivity contribution < 1.29 is 9.90 Å². The fourth-order valence-corrected chi connectivity index (χ4v) is 3.68. The van der Waals surface area contributed by atoms with E-state index in [2.05, 4.69) is 24.3 Å². The molecule has 0 saturated heterocycles. The van der Waals surface area contributed by atoms with Gasteiger partial charge in [-0.25, -0.2) is 0 Å². The Balaban J connectivity index is 1.66. The lowest BCUT2D eigenvalue weighted by atomic mass is 10.0. The van der Waals surface area contributed by atoms with E-state index in [0.717, 1.165) is 37.0 Å². The molecule has 24 heavy (non-hydrogen) atoms. The Morgan fingerprint density at radius 2 is 1.62 bits per heavy atom. The summed E-state index contributed by atoms with van der Waals surface area (Å²) in [5.74, 6) is -0.704. The molecule has 0 amide bonds. The lowest BCUT2D eigenvalue weighted by Crippen LogP contribution is -2.16. The van der Waals surface area contributed by atoms with Crippen LogP contribution >= 0.6 is 11.8 Å². The molecule has 0 aromatic heterocycles. The Labute approximate surface area is 149 Å². The van der Waals surface area contributed by atoms with Gasteiger partial charge in [-0.15, -0.1) is 11.8 Å². The molecule has 2 nitrogen and oxygen atoms in total. The van der Waals surface area contributed by atoms with Crippen LogP contribution in [-0.4, -0.2) is 16.3 Å². The number of aliphatic carboxylic acids is 1. The molecule has 0 saturated carbocycles. The van der Waals surface area contributed by atoms with Gasteiger partial charge in [-0.3, -0.25) is 4.79 Å². The summed E-state index contributed by atoms with van der Waals surface area (Å²) in [5, 5.41) is 9.07. The normalized spacial score (nSPS) is 12.0. The Morgan fingerprint density at radius 3 is 2.29 bits per heavy atom. The lowest BCUT2D eigenvalue weighted by Gasteiger charge is -2.12. The number of aryl methyl sites for hydroxylation is 2. The summed E-state index contributed by atoms with van der Waals surface area (Å²) in [7, 11) is 0. The van der Waals surface area contributed by atoms with Crippen LogP contribution in [0.2, 0.25) is 0 Å². The zero-order valence-corrected chi connectivity index (χ0v) is 15.1. The van der Waals surface area contributed by atoms with Crippen molar-refractivity contribution in [1.82, 2.24) is 0 Å². The molecule has 0 heterocycles. The summed E-state index contributed by atoms with van der Waals surface area (Å²) in [4.78, 5) is 12.5. The summed E-state index contributed by atoms with van der Waals surface area (Å²) in [6.45, 7) is 2.04. The molecular formula is C21H26O2S. The van der Waals surface area contributed by atoms with Gasteiger partial charge in [-0.05, 0) is 43.9 Å². The molecule has 0 aliphatic carbocycles. The highest BCUT2D eigenvalue weighted by Crippen LogP contribution is 2.27. The van der Waals surface area contributed by atoms with E-state index in [1.54, 1.807) is 0 Å². The topological polar surface area (TPSA) is 37.3 Å². The van der Waals surface area contributed by atoms with Gasteiger partial charge in [0.2, 0.25) is 0 Å². The average molecular weight is 343 g/mol. The fourth-order valence-electron chi connectivity index (χ4n) is 2.67. The van der Waals surface area contributed by atoms with E-state index in [9.17, 15) is 9.90 Å². The molecule has 0 bridgehead atoms. The van der Waals surface area contributed by atoms with Crippen molar-refractivity contribution in [3.63, 3.8) is 0 Å². The molecular weight excluding hydrogens is 316 g/mol. The fraction of sp³-hybridized carbons (Fsp3) is 0.381. The van der Waals surface area contributed by atoms with Crippen molar-refractivity contribution in [3.05, 3.63) is 65.7 Å². The Hall–Kier alpha value is -1.74. The van der Waals surface area contributed by atoms with Crippen LogP contribution < -0.4 is 0 Å². The number of hydrogen-bond acceptors (Lipinski definition) is 2. The highest BCUT2D eigenvalue weighted by molar-refractivity contribution is 8.00. The van der Waals surface area contributed by atoms with Gasteiger partial charge in [0.1, 0.15) is 5.25 Å². The van der Waals surface area contributed by atoms with E-state index in [4.69, 9.17) is 0 Å². The molecule has 0 aliphatic rings. The Kier molecular flexibility index (Phi) is 7.90. The molecule has 0 aliphatic heterocycles. The standard InChI is InChI=1S/C21H26O2S/c1-17-13-15-19(16-14-17)24-20(21(22)23)12-8-3-2-5-9-18-10-6-4-7-11-18/h4,6-7,10-11,13-16,20H,2-3,5,8-9,12H2,1H3,(H,22,23). The van der Waals surface area contributed by atoms with E-state index >= 15 is 0 Å². The van der Waals surface area contributed by atoms with E-state index in [0.29, 0.717) is 0 Å². The zero-order valence-electron chi connectivity index (χ0n) is 14.3. The van der Waals surface area contributed by atoms with Gasteiger partial charge in [-0.1, -0.05) is 67.3 Å². The van der Waals surface area contributed by atoms with Crippen molar-refractivity contribution in [2.75, 3.05) is 0 Å². The first-order chi connectivity index (χ1) is 11.6. The van der Waals surface area contributed by atoms with Gasteiger partial charge in [-0.2, -0.15) is 0 Å². The molecule has 0 radical (unpaired) electrons. The molecule has 2 aromatic rings. The van der Waals surface area contributed by atoms with E-state index in [1.807, 2.05) is 37.3 Å². The molecule has 1 unspecified atom stereocenters. The third-order valence-corrected chi connectivity index (χ3v) is 5.37. The largest absolute Gasteiger partial charge is 0.480 e. The predicted molar refractivity (Wildman–Crippen MR) is 102 cm³/mol. The molecule has 0 spiro atoms. The number of rotatable bonds is 10. The monoisotopic (exact) mass is 342 g/mol. The summed E-state index contributed by atoms with van der Waals surface area (Å²) >= 11 is 1.47. The minimum absolute atomic E-state index is 0.346. The second-order valence-electron chi connectivity index (χ2n) is 6.20. The first-order valence-electron chi connectivity index (χ1n) is 8.65. The Bertz CT molecular complexity index is 607. The van der Waals surface area contributed by atoms with Gasteiger partial charge in [0.15, 0.2) is 0 Å². The van der Waals surface area contributed by atoms with Gasteiger partial charge in [0, 0.05) is 4.90 Å². The summed E-state index contributed by atoms with van der Waals surface area (Å²) in [5.41, 5.74) is 2.58. The van der Waals surface area contributed by atoms with Crippen LogP contribution in [0.3, 0.4) is 0 Å². The second-order valence-corrected chi connectivity index (χ2v) is 7.47. The maximum absolute atomic E-state index is 11.5. The number of hydrogen-bond donors (Lipinski definition) is 1. The van der Waals surface area contributed by atoms with Gasteiger partial charge >= 0.3 is 5.97 Å². The van der Waals surface area contributed by atoms with Crippen LogP contribution in [0.4, 0.5) is 0 Å². The molecule has 3 heteroatoms. The van der Waals surface area contributed by atoms with Crippen LogP contribution in [-0.2, 0) is 11.2 Å². The van der Waals surface area contributed by atoms with Gasteiger partial charge in [0.05, 0.1) is 0 Å². The predicted octanol–water partition coefficient (Wildman–Crippen LogP) is 5.73. The lowest BCUT2D eigenvalue weighted by molar-refractivity contribution is -0.136. The quantitative estimate of drug-likeness (QED) is 0.442. The molecule has 2 rings (SSSR count). The van der Waals surface area contributed by atoms with Crippen LogP contribution in [0.15, 0.2) is 59.5 Å². The maximum Gasteiger partial charge on any atom is 0.316 e. The number of benzene rings is 2. The Morgan fingerprint density at radius 1 is 0.958 bits per heavy atom. The minimum Gasteiger partial charge on any atom is -0.480 e. The molecule has 0 fully saturated rings. The minimum atomic E-state index is -0.704. The van der Waals surface area contributed by atoms with Gasteiger partial charge < -0.3 is 5.11 Å². The van der Waals surface area contributed by atoms with E-state index < -0.39 is 5.97 Å². The van der Waals surface area contributed by atoms with Crippen LogP contribution in [0.5, 0.6) is 0 Å². The molecule has 128 valence electrons. The molecule has 1 N–H and O–H groups in total. The van der Waals surface area contributed by atoms with Crippen molar-refractivity contribution in [1.29, 1.82) is 0 Å². The summed E-state index contributed by atoms with van der Waals surface area (Å²) in [6.07, 6.45) is 6.26. The summed E-state index contributed by atoms with van der Waals surface area (Å²) in [6, 6.07) is 18.6. The van der Waals surface area contributed by atoms with Crippen molar-refractivity contribution in [2.45, 2.75) is 55.6 Å². The van der Waals surface area contributed by atoms with Crippen LogP contribution in [0, 0.1) is 6.92 Å². The maximum atomic E-state index is 11.5. The second kappa shape index (κ2) is 10.2. The van der Waals surface area contributed by atoms with Crippen molar-refractivity contribution >= 4 is 17.7 Å². The SMILES string of the molecule is Cc1ccc(SC(CCCCCCc2ccccc2)C(=O)O)cc1. The van der Waals surface area contributed by atoms with Crippen LogP contribution in [0.1, 0.15) is 43.2 Å². The number of carbonyl (C=O) groups is 1. The van der Waals surface area contributed by atoms with Crippen molar-refractivity contribution in [2.24, 2.45) is 0 Å². The van der Waals surface area contributed by atoms with Crippen LogP contribution in [0.25, 0.3) is 0 Å². The van der Waals surface area contributed by atoms with E-state index in [-0.39, 0.29) is 5.25 Å². The molecule has 1 atom stereocenters. The smallest absolute Gasteiger partial charge is 0.316 e. The average Bonchev–Trinajstić information content (AvgIpc) is 2.59. The first-order valence-corrected chi connectivity index (χ1v) is 9.53. The first kappa shape index (κ1) is 18.6. The third kappa shape index (κ3) is 6.79. The highest BCUT2D eigenvalue weighted by Gasteiger charge is 2.18. The summed E-state index contributed by atoms with van der Waals surface area (Å²) < 4.78 is 0. The van der Waals surface area contributed by atoms with Gasteiger partial charge in [0.25, 0.3) is 0 Å². The molecule has 2 aromatic carbocycles. The zero-order chi connectivity index (χ0) is 17.2. The number of carboxylic acids is 1. The highest BCUT2D eigenvalue weighted by atomic mass is 32.2. The van der Waals surface area contributed by atoms with Crippen molar-refractivity contribution in [3.8, 4) is 0 Å². The number of unbranched alkanes of at least 4 members (excludes halogenated alkanes) is 3.